The molecule has 0 heterocycles. The Bertz CT molecular complexity index is 175. The van der Waals surface area contributed by atoms with Crippen molar-refractivity contribution in [2.45, 2.75) is 13.8 Å². The molecule has 1 N–H and O–H groups in total. The zero-order chi connectivity index (χ0) is 9.72. The summed E-state index contributed by atoms with van der Waals surface area (Å²) in [5.74, 6) is 0.0544. The average Bonchev–Trinajstić information content (AvgIpc) is 1.98. The van der Waals surface area contributed by atoms with E-state index in [2.05, 4.69) is 6.58 Å². The quantitative estimate of drug-likeness (QED) is 0.448. The number of nitrogens with one attached hydrogen (secondary N) is 1. The molecule has 3 nitrogen and oxygen atoms in total. The van der Waals surface area contributed by atoms with Gasteiger partial charge >= 0.3 is 0 Å². The van der Waals surface area contributed by atoms with E-state index in [9.17, 15) is 4.79 Å². The normalized spacial score (nSPS) is 10.1. The maximum Gasteiger partial charge on any atom is 0.253 e. The Kier molecular flexibility index (Phi) is 4.59. The topological polar surface area (TPSA) is 24.8 Å². The summed E-state index contributed by atoms with van der Waals surface area (Å²) in [6.45, 7) is 8.84. The van der Waals surface area contributed by atoms with E-state index in [1.165, 1.54) is 4.90 Å². The lowest BCUT2D eigenvalue weighted by atomic mass is 10.3. The van der Waals surface area contributed by atoms with Crippen molar-refractivity contribution in [1.82, 2.24) is 4.90 Å². The van der Waals surface area contributed by atoms with Crippen LogP contribution in [-0.2, 0) is 4.79 Å². The number of carbonyl (C=O) groups is 1. The van der Waals surface area contributed by atoms with Gasteiger partial charge in [-0.1, -0.05) is 6.58 Å². The maximum absolute atomic E-state index is 11.4. The van der Waals surface area contributed by atoms with E-state index in [0.717, 1.165) is 13.2 Å². The first kappa shape index (κ1) is 11.2. The third kappa shape index (κ3) is 3.53. The van der Waals surface area contributed by atoms with Crippen LogP contribution in [0.2, 0.25) is 0 Å². The van der Waals surface area contributed by atoms with Crippen LogP contribution in [0.1, 0.15) is 13.8 Å². The second-order valence-corrected chi connectivity index (χ2v) is 3.31. The number of quaternary nitrogens is 1. The highest BCUT2D eigenvalue weighted by Gasteiger charge is 2.13. The van der Waals surface area contributed by atoms with Gasteiger partial charge in [0.2, 0.25) is 0 Å². The molecule has 0 unspecified atom stereocenters. The Balaban J connectivity index is 4.15. The molecule has 0 atom stereocenters. The van der Waals surface area contributed by atoms with Crippen molar-refractivity contribution in [2.75, 3.05) is 27.3 Å². The lowest BCUT2D eigenvalue weighted by Gasteiger charge is -2.22. The number of rotatable bonds is 4. The molecule has 12 heavy (non-hydrogen) atoms. The van der Waals surface area contributed by atoms with Crippen molar-refractivity contribution in [3.05, 3.63) is 12.2 Å². The van der Waals surface area contributed by atoms with Crippen LogP contribution in [0.4, 0.5) is 0 Å². The minimum absolute atomic E-state index is 0.0544. The average molecular weight is 171 g/mol. The minimum atomic E-state index is 0.0544. The Morgan fingerprint density at radius 3 is 2.25 bits per heavy atom. The highest BCUT2D eigenvalue weighted by molar-refractivity contribution is 5.92. The first-order chi connectivity index (χ1) is 5.49. The molecule has 3 heteroatoms. The van der Waals surface area contributed by atoms with Crippen LogP contribution in [0.25, 0.3) is 0 Å². The molecule has 0 aliphatic carbocycles. The van der Waals surface area contributed by atoms with Gasteiger partial charge in [0.05, 0.1) is 14.1 Å². The van der Waals surface area contributed by atoms with Crippen LogP contribution in [-0.4, -0.2) is 38.1 Å². The van der Waals surface area contributed by atoms with Gasteiger partial charge in [-0.15, -0.1) is 0 Å². The third-order valence-electron chi connectivity index (χ3n) is 1.54. The number of likely N-dealkylation sites (N-methyl/N-ethyl adjacent to an activating group) is 1. The fourth-order valence-electron chi connectivity index (χ4n) is 0.979. The van der Waals surface area contributed by atoms with Gasteiger partial charge in [0.25, 0.3) is 5.91 Å². The van der Waals surface area contributed by atoms with Crippen molar-refractivity contribution in [2.24, 2.45) is 0 Å². The summed E-state index contributed by atoms with van der Waals surface area (Å²) in [5.41, 5.74) is 0.609. The lowest BCUT2D eigenvalue weighted by molar-refractivity contribution is -0.867. The number of nitrogens with zero attached hydrogens (tertiary/aromatic N) is 1. The number of carbonyl (C=O) groups excluding carboxylic acids is 1. The predicted molar refractivity (Wildman–Crippen MR) is 49.9 cm³/mol. The van der Waals surface area contributed by atoms with Crippen LogP contribution >= 0.6 is 0 Å². The Hall–Kier alpha value is -0.830. The summed E-state index contributed by atoms with van der Waals surface area (Å²) in [5, 5.41) is 0. The van der Waals surface area contributed by atoms with Crippen LogP contribution < -0.4 is 4.90 Å². The summed E-state index contributed by atoms with van der Waals surface area (Å²) in [6, 6.07) is 0. The van der Waals surface area contributed by atoms with Gasteiger partial charge in [-0.25, -0.2) is 0 Å². The van der Waals surface area contributed by atoms with Crippen LogP contribution in [0, 0.1) is 0 Å². The summed E-state index contributed by atoms with van der Waals surface area (Å²) in [6.07, 6.45) is 0. The zero-order valence-corrected chi connectivity index (χ0v) is 8.48. The molecule has 0 rings (SSSR count). The molecule has 0 fully saturated rings. The fraction of sp³-hybridized carbons (Fsp3) is 0.667. The Morgan fingerprint density at radius 2 is 2.00 bits per heavy atom. The maximum atomic E-state index is 11.4. The van der Waals surface area contributed by atoms with Gasteiger partial charge in [-0.05, 0) is 13.8 Å². The second kappa shape index (κ2) is 4.93. The molecule has 0 aromatic rings. The molecule has 0 saturated carbocycles. The first-order valence-electron chi connectivity index (χ1n) is 4.22. The molecule has 0 bridgehead atoms. The lowest BCUT2D eigenvalue weighted by Crippen LogP contribution is -3.07. The van der Waals surface area contributed by atoms with Gasteiger partial charge in [-0.3, -0.25) is 9.69 Å². The zero-order valence-electron chi connectivity index (χ0n) is 8.48. The van der Waals surface area contributed by atoms with Crippen molar-refractivity contribution < 1.29 is 9.69 Å². The molecular formula is C9H19N2O+. The molecule has 0 aliphatic rings. The van der Waals surface area contributed by atoms with Crippen molar-refractivity contribution in [3.8, 4) is 0 Å². The van der Waals surface area contributed by atoms with E-state index in [1.54, 1.807) is 11.8 Å². The highest BCUT2D eigenvalue weighted by atomic mass is 16.2. The van der Waals surface area contributed by atoms with Crippen LogP contribution in [0.3, 0.4) is 0 Å². The summed E-state index contributed by atoms with van der Waals surface area (Å²) in [7, 11) is 4.04. The van der Waals surface area contributed by atoms with Gasteiger partial charge in [-0.2, -0.15) is 0 Å². The Labute approximate surface area is 74.7 Å². The molecule has 0 saturated heterocycles. The van der Waals surface area contributed by atoms with Crippen molar-refractivity contribution in [1.29, 1.82) is 0 Å². The molecule has 0 aromatic heterocycles. The summed E-state index contributed by atoms with van der Waals surface area (Å²) in [4.78, 5) is 14.5. The standard InChI is InChI=1S/C9H18N2O/c1-6-11(7-10(4)5)9(12)8(2)3/h2,6-7H2,1,3-5H3/p+1. The van der Waals surface area contributed by atoms with E-state index in [-0.39, 0.29) is 5.91 Å². The van der Waals surface area contributed by atoms with E-state index >= 15 is 0 Å². The molecular weight excluding hydrogens is 152 g/mol. The van der Waals surface area contributed by atoms with E-state index in [1.807, 2.05) is 21.0 Å². The van der Waals surface area contributed by atoms with Gasteiger partial charge in [0.15, 0.2) is 6.67 Å². The van der Waals surface area contributed by atoms with Crippen LogP contribution in [0.5, 0.6) is 0 Å². The van der Waals surface area contributed by atoms with Crippen LogP contribution in [0.15, 0.2) is 12.2 Å². The molecule has 0 radical (unpaired) electrons. The summed E-state index contributed by atoms with van der Waals surface area (Å²) >= 11 is 0. The largest absolute Gasteiger partial charge is 0.323 e. The monoisotopic (exact) mass is 171 g/mol. The predicted octanol–water partition coefficient (Wildman–Crippen LogP) is -0.487. The number of amides is 1. The molecule has 1 amide bonds. The second-order valence-electron chi connectivity index (χ2n) is 3.31. The molecule has 70 valence electrons. The van der Waals surface area contributed by atoms with Gasteiger partial charge in [0.1, 0.15) is 0 Å². The number of hydrogen-bond acceptors (Lipinski definition) is 1. The summed E-state index contributed by atoms with van der Waals surface area (Å²) < 4.78 is 0. The number of hydrogen-bond donors (Lipinski definition) is 1. The van der Waals surface area contributed by atoms with E-state index < -0.39 is 0 Å². The van der Waals surface area contributed by atoms with Gasteiger partial charge in [0, 0.05) is 12.1 Å². The molecule has 0 aromatic carbocycles. The smallest absolute Gasteiger partial charge is 0.253 e. The molecule has 0 spiro atoms. The Morgan fingerprint density at radius 1 is 1.50 bits per heavy atom. The van der Waals surface area contributed by atoms with E-state index in [0.29, 0.717) is 5.57 Å². The first-order valence-corrected chi connectivity index (χ1v) is 4.22. The van der Waals surface area contributed by atoms with Crippen molar-refractivity contribution >= 4 is 5.91 Å². The molecule has 0 aliphatic heterocycles. The van der Waals surface area contributed by atoms with Crippen molar-refractivity contribution in [3.63, 3.8) is 0 Å². The third-order valence-corrected chi connectivity index (χ3v) is 1.54. The van der Waals surface area contributed by atoms with E-state index in [4.69, 9.17) is 0 Å². The van der Waals surface area contributed by atoms with Gasteiger partial charge < -0.3 is 4.90 Å². The fourth-order valence-corrected chi connectivity index (χ4v) is 0.979. The highest BCUT2D eigenvalue weighted by Crippen LogP contribution is 1.95. The minimum Gasteiger partial charge on any atom is -0.323 e. The SMILES string of the molecule is C=C(C)C(=O)N(CC)C[NH+](C)C.